The number of urea groups is 1. The van der Waals surface area contributed by atoms with Crippen LogP contribution >= 0.6 is 15.9 Å². The summed E-state index contributed by atoms with van der Waals surface area (Å²) in [5, 5.41) is 5.49. The van der Waals surface area contributed by atoms with Gasteiger partial charge in [-0.25, -0.2) is 4.79 Å². The van der Waals surface area contributed by atoms with E-state index in [-0.39, 0.29) is 19.2 Å². The topological polar surface area (TPSA) is 59.6 Å². The van der Waals surface area contributed by atoms with Gasteiger partial charge in [-0.15, -0.1) is 0 Å². The molecule has 2 amide bonds. The van der Waals surface area contributed by atoms with E-state index in [0.29, 0.717) is 6.54 Å². The summed E-state index contributed by atoms with van der Waals surface area (Å²) >= 11 is 3.38. The number of benzene rings is 2. The molecule has 0 saturated carbocycles. The lowest BCUT2D eigenvalue weighted by molar-refractivity contribution is 0.242. The van der Waals surface area contributed by atoms with Crippen LogP contribution in [-0.2, 0) is 6.42 Å². The van der Waals surface area contributed by atoms with Gasteiger partial charge >= 0.3 is 6.03 Å². The van der Waals surface area contributed by atoms with E-state index in [9.17, 15) is 4.79 Å². The van der Waals surface area contributed by atoms with Crippen molar-refractivity contribution in [1.82, 2.24) is 10.6 Å². The van der Waals surface area contributed by atoms with Gasteiger partial charge < -0.3 is 20.1 Å². The Kier molecular flexibility index (Phi) is 8.37. The van der Waals surface area contributed by atoms with Gasteiger partial charge in [0, 0.05) is 11.0 Å². The Morgan fingerprint density at radius 3 is 2.62 bits per heavy atom. The first-order valence-corrected chi connectivity index (χ1v) is 8.95. The number of methoxy groups -OCH3 is 1. The van der Waals surface area contributed by atoms with Gasteiger partial charge in [-0.1, -0.05) is 46.0 Å². The number of ether oxygens (including phenoxy) is 2. The summed E-state index contributed by atoms with van der Waals surface area (Å²) in [5.74, 6) is 7.28. The molecule has 2 rings (SSSR count). The third kappa shape index (κ3) is 7.49. The molecule has 0 heterocycles. The fourth-order valence-corrected chi connectivity index (χ4v) is 2.47. The van der Waals surface area contributed by atoms with E-state index in [4.69, 9.17) is 9.47 Å². The van der Waals surface area contributed by atoms with Crippen LogP contribution in [0.25, 0.3) is 0 Å². The first-order chi connectivity index (χ1) is 12.7. The molecule has 0 aliphatic heterocycles. The average Bonchev–Trinajstić information content (AvgIpc) is 2.65. The van der Waals surface area contributed by atoms with Crippen molar-refractivity contribution in [2.24, 2.45) is 0 Å². The fraction of sp³-hybridized carbons (Fsp3) is 0.250. The zero-order valence-electron chi connectivity index (χ0n) is 14.5. The zero-order valence-corrected chi connectivity index (χ0v) is 16.1. The maximum absolute atomic E-state index is 11.7. The van der Waals surface area contributed by atoms with E-state index < -0.39 is 0 Å². The van der Waals surface area contributed by atoms with Crippen LogP contribution in [0.5, 0.6) is 11.5 Å². The van der Waals surface area contributed by atoms with Crippen molar-refractivity contribution in [2.75, 3.05) is 26.8 Å². The molecule has 2 aromatic rings. The van der Waals surface area contributed by atoms with Gasteiger partial charge in [0.15, 0.2) is 0 Å². The van der Waals surface area contributed by atoms with Crippen molar-refractivity contribution in [3.05, 3.63) is 58.6 Å². The summed E-state index contributed by atoms with van der Waals surface area (Å²) in [6.07, 6.45) is 0.754. The van der Waals surface area contributed by atoms with Crippen LogP contribution in [0.3, 0.4) is 0 Å². The second-order valence-corrected chi connectivity index (χ2v) is 6.22. The molecule has 2 aromatic carbocycles. The summed E-state index contributed by atoms with van der Waals surface area (Å²) in [5.41, 5.74) is 1.13. The molecular weight excluding hydrogens is 396 g/mol. The molecule has 26 heavy (non-hydrogen) atoms. The van der Waals surface area contributed by atoms with Gasteiger partial charge in [0.2, 0.25) is 0 Å². The minimum Gasteiger partial charge on any atom is -0.497 e. The molecular formula is C20H21BrN2O3. The number of hydrogen-bond acceptors (Lipinski definition) is 3. The lowest BCUT2D eigenvalue weighted by Crippen LogP contribution is -2.36. The molecule has 2 N–H and O–H groups in total. The highest BCUT2D eigenvalue weighted by atomic mass is 79.9. The smallest absolute Gasteiger partial charge is 0.315 e. The number of amides is 2. The Hall–Kier alpha value is -2.65. The molecule has 0 bridgehead atoms. The van der Waals surface area contributed by atoms with Gasteiger partial charge in [0.05, 0.1) is 13.7 Å². The highest BCUT2D eigenvalue weighted by Gasteiger charge is 1.99. The Labute approximate surface area is 162 Å². The molecule has 0 aliphatic carbocycles. The van der Waals surface area contributed by atoms with E-state index in [1.54, 1.807) is 7.11 Å². The van der Waals surface area contributed by atoms with Gasteiger partial charge in [-0.2, -0.15) is 0 Å². The number of nitrogens with one attached hydrogen (secondary N) is 2. The summed E-state index contributed by atoms with van der Waals surface area (Å²) < 4.78 is 11.5. The van der Waals surface area contributed by atoms with Crippen LogP contribution in [-0.4, -0.2) is 32.8 Å². The van der Waals surface area contributed by atoms with Crippen molar-refractivity contribution in [1.29, 1.82) is 0 Å². The van der Waals surface area contributed by atoms with Crippen molar-refractivity contribution in [3.8, 4) is 23.3 Å². The SMILES string of the molecule is COc1ccc(CCNC(=O)NCC#CCOc2cccc(Br)c2)cc1. The molecule has 5 nitrogen and oxygen atoms in total. The first kappa shape index (κ1) is 19.7. The van der Waals surface area contributed by atoms with Crippen molar-refractivity contribution >= 4 is 22.0 Å². The molecule has 0 radical (unpaired) electrons. The molecule has 136 valence electrons. The van der Waals surface area contributed by atoms with Crippen LogP contribution in [0, 0.1) is 11.8 Å². The Morgan fingerprint density at radius 1 is 1.08 bits per heavy atom. The van der Waals surface area contributed by atoms with E-state index in [1.165, 1.54) is 0 Å². The molecule has 0 spiro atoms. The third-order valence-electron chi connectivity index (χ3n) is 3.43. The van der Waals surface area contributed by atoms with Gasteiger partial charge in [-0.3, -0.25) is 0 Å². The molecule has 6 heteroatoms. The molecule has 0 fully saturated rings. The van der Waals surface area contributed by atoms with E-state index >= 15 is 0 Å². The monoisotopic (exact) mass is 416 g/mol. The van der Waals surface area contributed by atoms with Crippen LogP contribution in [0.4, 0.5) is 4.79 Å². The maximum atomic E-state index is 11.7. The lowest BCUT2D eigenvalue weighted by atomic mass is 10.1. The standard InChI is InChI=1S/C20H21BrN2O3/c1-25-18-9-7-16(8-10-18)11-13-23-20(24)22-12-2-3-14-26-19-6-4-5-17(21)15-19/h4-10,15H,11-14H2,1H3,(H2,22,23,24). The molecule has 0 atom stereocenters. The third-order valence-corrected chi connectivity index (χ3v) is 3.92. The fourth-order valence-electron chi connectivity index (χ4n) is 2.09. The van der Waals surface area contributed by atoms with E-state index in [1.807, 2.05) is 48.5 Å². The summed E-state index contributed by atoms with van der Waals surface area (Å²) in [6, 6.07) is 15.1. The quantitative estimate of drug-likeness (QED) is 0.680. The number of rotatable bonds is 7. The highest BCUT2D eigenvalue weighted by Crippen LogP contribution is 2.17. The molecule has 0 unspecified atom stereocenters. The van der Waals surface area contributed by atoms with Gasteiger partial charge in [0.1, 0.15) is 18.1 Å². The summed E-state index contributed by atoms with van der Waals surface area (Å²) in [7, 11) is 1.64. The average molecular weight is 417 g/mol. The molecule has 0 saturated heterocycles. The zero-order chi connectivity index (χ0) is 18.6. The number of carbonyl (C=O) groups is 1. The van der Waals surface area contributed by atoms with Crippen molar-refractivity contribution in [3.63, 3.8) is 0 Å². The highest BCUT2D eigenvalue weighted by molar-refractivity contribution is 9.10. The minimum absolute atomic E-state index is 0.235. The molecule has 0 aromatic heterocycles. The number of carbonyl (C=O) groups excluding carboxylic acids is 1. The van der Waals surface area contributed by atoms with E-state index in [2.05, 4.69) is 38.4 Å². The maximum Gasteiger partial charge on any atom is 0.315 e. The minimum atomic E-state index is -0.235. The van der Waals surface area contributed by atoms with Gasteiger partial charge in [0.25, 0.3) is 0 Å². The first-order valence-electron chi connectivity index (χ1n) is 8.16. The van der Waals surface area contributed by atoms with Crippen molar-refractivity contribution < 1.29 is 14.3 Å². The Morgan fingerprint density at radius 2 is 1.88 bits per heavy atom. The predicted molar refractivity (Wildman–Crippen MR) is 106 cm³/mol. The lowest BCUT2D eigenvalue weighted by Gasteiger charge is -2.06. The Bertz CT molecular complexity index is 767. The summed E-state index contributed by atoms with van der Waals surface area (Å²) in [6.45, 7) is 1.10. The van der Waals surface area contributed by atoms with Crippen LogP contribution in [0.15, 0.2) is 53.0 Å². The Balaban J connectivity index is 1.57. The van der Waals surface area contributed by atoms with Crippen LogP contribution in [0.2, 0.25) is 0 Å². The molecule has 0 aliphatic rings. The second-order valence-electron chi connectivity index (χ2n) is 5.31. The van der Waals surface area contributed by atoms with Crippen LogP contribution < -0.4 is 20.1 Å². The summed E-state index contributed by atoms with van der Waals surface area (Å²) in [4.78, 5) is 11.7. The van der Waals surface area contributed by atoms with Crippen LogP contribution in [0.1, 0.15) is 5.56 Å². The predicted octanol–water partition coefficient (Wildman–Crippen LogP) is 3.38. The van der Waals surface area contributed by atoms with Crippen molar-refractivity contribution in [2.45, 2.75) is 6.42 Å². The normalized spacial score (nSPS) is 9.62. The number of halogens is 1. The largest absolute Gasteiger partial charge is 0.497 e. The van der Waals surface area contributed by atoms with Gasteiger partial charge in [-0.05, 0) is 42.3 Å². The number of hydrogen-bond donors (Lipinski definition) is 2. The van der Waals surface area contributed by atoms with E-state index in [0.717, 1.165) is 28.0 Å². The second kappa shape index (κ2) is 11.1.